The molecule has 0 radical (unpaired) electrons. The zero-order valence-corrected chi connectivity index (χ0v) is 14.6. The second-order valence-corrected chi connectivity index (χ2v) is 6.79. The van der Waals surface area contributed by atoms with Gasteiger partial charge in [0.05, 0.1) is 13.1 Å². The van der Waals surface area contributed by atoms with Crippen molar-refractivity contribution in [2.24, 2.45) is 7.05 Å². The van der Waals surface area contributed by atoms with Crippen LogP contribution in [0.5, 0.6) is 0 Å². The van der Waals surface area contributed by atoms with Crippen LogP contribution >= 0.6 is 0 Å². The SMILES string of the molecule is CCc1c(C)cc(C(=O)N2CCC3(CN(C)C(=O)O3)C2)c(=O)n1C. The number of nitrogens with zero attached hydrogens (tertiary/aromatic N) is 3. The highest BCUT2D eigenvalue weighted by atomic mass is 16.6. The van der Waals surface area contributed by atoms with E-state index < -0.39 is 5.60 Å². The van der Waals surface area contributed by atoms with E-state index in [9.17, 15) is 14.4 Å². The summed E-state index contributed by atoms with van der Waals surface area (Å²) in [6.07, 6.45) is 0.978. The maximum absolute atomic E-state index is 12.8. The second-order valence-electron chi connectivity index (χ2n) is 6.79. The number of ether oxygens (including phenoxy) is 1. The topological polar surface area (TPSA) is 71.9 Å². The van der Waals surface area contributed by atoms with Crippen molar-refractivity contribution >= 4 is 12.0 Å². The van der Waals surface area contributed by atoms with Crippen LogP contribution in [0.4, 0.5) is 4.79 Å². The fourth-order valence-corrected chi connectivity index (χ4v) is 3.79. The third-order valence-corrected chi connectivity index (χ3v) is 5.07. The first-order valence-electron chi connectivity index (χ1n) is 8.21. The summed E-state index contributed by atoms with van der Waals surface area (Å²) in [5.41, 5.74) is 1.14. The lowest BCUT2D eigenvalue weighted by molar-refractivity contribution is 0.0552. The lowest BCUT2D eigenvalue weighted by Crippen LogP contribution is -2.41. The second kappa shape index (κ2) is 5.65. The fourth-order valence-electron chi connectivity index (χ4n) is 3.79. The molecule has 2 aliphatic rings. The average molecular weight is 333 g/mol. The van der Waals surface area contributed by atoms with Gasteiger partial charge in [-0.25, -0.2) is 4.79 Å². The molecule has 0 aliphatic carbocycles. The normalized spacial score (nSPS) is 23.2. The van der Waals surface area contributed by atoms with Crippen LogP contribution in [0, 0.1) is 6.92 Å². The summed E-state index contributed by atoms with van der Waals surface area (Å²) < 4.78 is 7.02. The lowest BCUT2D eigenvalue weighted by atomic mass is 10.0. The molecule has 1 atom stereocenters. The first kappa shape index (κ1) is 16.5. The van der Waals surface area contributed by atoms with Gasteiger partial charge >= 0.3 is 6.09 Å². The number of carbonyl (C=O) groups is 2. The van der Waals surface area contributed by atoms with Gasteiger partial charge in [-0.2, -0.15) is 0 Å². The summed E-state index contributed by atoms with van der Waals surface area (Å²) in [6.45, 7) is 5.19. The van der Waals surface area contributed by atoms with Crippen LogP contribution in [0.15, 0.2) is 10.9 Å². The van der Waals surface area contributed by atoms with E-state index in [1.807, 2.05) is 13.8 Å². The van der Waals surface area contributed by atoms with E-state index in [2.05, 4.69) is 0 Å². The quantitative estimate of drug-likeness (QED) is 0.807. The van der Waals surface area contributed by atoms with Gasteiger partial charge in [-0.3, -0.25) is 9.59 Å². The van der Waals surface area contributed by atoms with E-state index in [0.717, 1.165) is 17.7 Å². The van der Waals surface area contributed by atoms with Gasteiger partial charge < -0.3 is 19.1 Å². The smallest absolute Gasteiger partial charge is 0.410 e. The molecule has 1 aromatic heterocycles. The van der Waals surface area contributed by atoms with Crippen LogP contribution in [-0.4, -0.2) is 58.7 Å². The molecule has 1 unspecified atom stereocenters. The largest absolute Gasteiger partial charge is 0.439 e. The van der Waals surface area contributed by atoms with Gasteiger partial charge in [-0.15, -0.1) is 0 Å². The molecule has 2 saturated heterocycles. The zero-order chi connectivity index (χ0) is 17.6. The number of likely N-dealkylation sites (N-methyl/N-ethyl adjacent to an activating group) is 1. The van der Waals surface area contributed by atoms with E-state index in [1.165, 1.54) is 4.90 Å². The molecule has 7 heteroatoms. The van der Waals surface area contributed by atoms with Crippen LogP contribution < -0.4 is 5.56 Å². The van der Waals surface area contributed by atoms with Crippen molar-refractivity contribution in [3.05, 3.63) is 33.2 Å². The molecule has 24 heavy (non-hydrogen) atoms. The highest BCUT2D eigenvalue weighted by Crippen LogP contribution is 2.32. The Bertz CT molecular complexity index is 770. The molecule has 2 aliphatic heterocycles. The Labute approximate surface area is 140 Å². The first-order valence-corrected chi connectivity index (χ1v) is 8.21. The summed E-state index contributed by atoms with van der Waals surface area (Å²) in [7, 11) is 3.38. The molecule has 0 bridgehead atoms. The van der Waals surface area contributed by atoms with Gasteiger partial charge in [0.15, 0.2) is 5.60 Å². The highest BCUT2D eigenvalue weighted by molar-refractivity contribution is 5.94. The Morgan fingerprint density at radius 3 is 2.58 bits per heavy atom. The molecule has 0 aromatic carbocycles. The number of carbonyl (C=O) groups excluding carboxylic acids is 2. The summed E-state index contributed by atoms with van der Waals surface area (Å²) in [4.78, 5) is 40.2. The molecule has 2 fully saturated rings. The van der Waals surface area contributed by atoms with Crippen LogP contribution in [0.25, 0.3) is 0 Å². The molecule has 0 N–H and O–H groups in total. The van der Waals surface area contributed by atoms with Crippen molar-refractivity contribution in [1.29, 1.82) is 0 Å². The van der Waals surface area contributed by atoms with Crippen molar-refractivity contribution < 1.29 is 14.3 Å². The molecule has 3 heterocycles. The number of pyridine rings is 1. The maximum atomic E-state index is 12.8. The van der Waals surface area contributed by atoms with Crippen molar-refractivity contribution in [2.45, 2.75) is 32.3 Å². The molecule has 130 valence electrons. The molecule has 2 amide bonds. The van der Waals surface area contributed by atoms with Gasteiger partial charge in [0.2, 0.25) is 0 Å². The highest BCUT2D eigenvalue weighted by Gasteiger charge is 2.49. The van der Waals surface area contributed by atoms with Crippen molar-refractivity contribution in [2.75, 3.05) is 26.7 Å². The van der Waals surface area contributed by atoms with Gasteiger partial charge in [0.25, 0.3) is 11.5 Å². The monoisotopic (exact) mass is 333 g/mol. The Morgan fingerprint density at radius 2 is 2.00 bits per heavy atom. The van der Waals surface area contributed by atoms with Crippen molar-refractivity contribution in [1.82, 2.24) is 14.4 Å². The minimum absolute atomic E-state index is 0.182. The molecule has 1 spiro atoms. The summed E-state index contributed by atoms with van der Waals surface area (Å²) in [6, 6.07) is 1.68. The summed E-state index contributed by atoms with van der Waals surface area (Å²) in [5.74, 6) is -0.288. The van der Waals surface area contributed by atoms with E-state index in [1.54, 1.807) is 29.6 Å². The third kappa shape index (κ3) is 2.48. The minimum atomic E-state index is -0.634. The number of hydrogen-bond acceptors (Lipinski definition) is 4. The van der Waals surface area contributed by atoms with Crippen LogP contribution in [0.1, 0.15) is 35.0 Å². The standard InChI is InChI=1S/C17H23N3O4/c1-5-13-11(2)8-12(14(21)19(13)4)15(22)20-7-6-17(10-20)9-18(3)16(23)24-17/h8H,5-7,9-10H2,1-4H3. The molecular weight excluding hydrogens is 310 g/mol. The average Bonchev–Trinajstić information content (AvgIpc) is 3.06. The van der Waals surface area contributed by atoms with Crippen LogP contribution in [0.2, 0.25) is 0 Å². The number of likely N-dealkylation sites (tertiary alicyclic amines) is 1. The number of aromatic nitrogens is 1. The van der Waals surface area contributed by atoms with E-state index in [0.29, 0.717) is 26.1 Å². The Hall–Kier alpha value is -2.31. The molecule has 0 saturated carbocycles. The third-order valence-electron chi connectivity index (χ3n) is 5.07. The maximum Gasteiger partial charge on any atom is 0.410 e. The van der Waals surface area contributed by atoms with Gasteiger partial charge in [-0.1, -0.05) is 6.92 Å². The molecular formula is C17H23N3O4. The molecule has 7 nitrogen and oxygen atoms in total. The zero-order valence-electron chi connectivity index (χ0n) is 14.6. The number of amides is 2. The first-order chi connectivity index (χ1) is 11.3. The van der Waals surface area contributed by atoms with Crippen molar-refractivity contribution in [3.63, 3.8) is 0 Å². The van der Waals surface area contributed by atoms with Gasteiger partial charge in [-0.05, 0) is 25.0 Å². The Balaban J connectivity index is 1.87. The Kier molecular flexibility index (Phi) is 3.89. The number of rotatable bonds is 2. The predicted molar refractivity (Wildman–Crippen MR) is 88.2 cm³/mol. The molecule has 1 aromatic rings. The summed E-state index contributed by atoms with van der Waals surface area (Å²) >= 11 is 0. The van der Waals surface area contributed by atoms with Gasteiger partial charge in [0.1, 0.15) is 5.56 Å². The van der Waals surface area contributed by atoms with E-state index >= 15 is 0 Å². The van der Waals surface area contributed by atoms with Crippen molar-refractivity contribution in [3.8, 4) is 0 Å². The fraction of sp³-hybridized carbons (Fsp3) is 0.588. The number of aryl methyl sites for hydroxylation is 1. The minimum Gasteiger partial charge on any atom is -0.439 e. The van der Waals surface area contributed by atoms with E-state index in [4.69, 9.17) is 4.74 Å². The number of hydrogen-bond donors (Lipinski definition) is 0. The molecule has 3 rings (SSSR count). The lowest BCUT2D eigenvalue weighted by Gasteiger charge is -2.22. The van der Waals surface area contributed by atoms with Crippen LogP contribution in [0.3, 0.4) is 0 Å². The van der Waals surface area contributed by atoms with Gasteiger partial charge in [0, 0.05) is 32.8 Å². The Morgan fingerprint density at radius 1 is 1.29 bits per heavy atom. The predicted octanol–water partition coefficient (Wildman–Crippen LogP) is 0.923. The summed E-state index contributed by atoms with van der Waals surface area (Å²) in [5, 5.41) is 0. The van der Waals surface area contributed by atoms with Crippen LogP contribution in [-0.2, 0) is 18.2 Å². The van der Waals surface area contributed by atoms with E-state index in [-0.39, 0.29) is 23.1 Å².